The van der Waals surface area contributed by atoms with Crippen LogP contribution in [0.1, 0.15) is 24.5 Å². The molecule has 1 aliphatic carbocycles. The largest absolute Gasteiger partial charge is 0.392 e. The summed E-state index contributed by atoms with van der Waals surface area (Å²) in [7, 11) is 0. The van der Waals surface area contributed by atoms with Crippen molar-refractivity contribution >= 4 is 15.9 Å². The van der Waals surface area contributed by atoms with Crippen molar-refractivity contribution < 1.29 is 5.11 Å². The van der Waals surface area contributed by atoms with E-state index in [0.29, 0.717) is 12.6 Å². The van der Waals surface area contributed by atoms with Crippen LogP contribution in [0.2, 0.25) is 0 Å². The number of benzene rings is 1. The molecule has 0 saturated heterocycles. The minimum Gasteiger partial charge on any atom is -0.392 e. The summed E-state index contributed by atoms with van der Waals surface area (Å²) in [5.41, 5.74) is 2.90. The average molecular weight is 284 g/mol. The van der Waals surface area contributed by atoms with Gasteiger partial charge in [0.15, 0.2) is 0 Å². The monoisotopic (exact) mass is 283 g/mol. The molecule has 0 bridgehead atoms. The molecule has 2 N–H and O–H groups in total. The van der Waals surface area contributed by atoms with E-state index in [0.717, 1.165) is 19.3 Å². The number of rotatable bonds is 3. The van der Waals surface area contributed by atoms with Crippen molar-refractivity contribution in [1.29, 1.82) is 0 Å². The first-order valence-electron chi connectivity index (χ1n) is 5.84. The van der Waals surface area contributed by atoms with E-state index in [-0.39, 0.29) is 6.10 Å². The molecule has 0 heterocycles. The van der Waals surface area contributed by atoms with Crippen molar-refractivity contribution in [2.45, 2.75) is 38.3 Å². The van der Waals surface area contributed by atoms with Crippen LogP contribution in [0.15, 0.2) is 22.7 Å². The van der Waals surface area contributed by atoms with Crippen LogP contribution in [0.25, 0.3) is 0 Å². The highest BCUT2D eigenvalue weighted by Gasteiger charge is 2.18. The number of aliphatic hydroxyl groups excluding tert-OH is 1. The number of halogens is 1. The molecular weight excluding hydrogens is 266 g/mol. The maximum absolute atomic E-state index is 9.25. The molecule has 0 aromatic heterocycles. The summed E-state index contributed by atoms with van der Waals surface area (Å²) < 4.78 is 1.17. The third-order valence-electron chi connectivity index (χ3n) is 3.10. The van der Waals surface area contributed by atoms with Crippen molar-refractivity contribution in [3.63, 3.8) is 0 Å². The molecule has 2 rings (SSSR count). The first kappa shape index (κ1) is 12.1. The van der Waals surface area contributed by atoms with Gasteiger partial charge < -0.3 is 10.4 Å². The molecule has 3 heteroatoms. The first-order chi connectivity index (χ1) is 7.65. The molecule has 1 aromatic carbocycles. The molecule has 16 heavy (non-hydrogen) atoms. The van der Waals surface area contributed by atoms with E-state index in [4.69, 9.17) is 0 Å². The van der Waals surface area contributed by atoms with Gasteiger partial charge in [0.05, 0.1) is 6.10 Å². The summed E-state index contributed by atoms with van der Waals surface area (Å²) in [5.74, 6) is 0. The van der Waals surface area contributed by atoms with E-state index >= 15 is 0 Å². The lowest BCUT2D eigenvalue weighted by Gasteiger charge is -2.26. The summed E-state index contributed by atoms with van der Waals surface area (Å²) in [6, 6.07) is 7.05. The Hall–Kier alpha value is -0.380. The number of hydrogen-bond acceptors (Lipinski definition) is 2. The predicted molar refractivity (Wildman–Crippen MR) is 69.6 cm³/mol. The minimum absolute atomic E-state index is 0.258. The van der Waals surface area contributed by atoms with Gasteiger partial charge in [0.2, 0.25) is 0 Å². The fourth-order valence-corrected chi connectivity index (χ4v) is 2.64. The lowest BCUT2D eigenvalue weighted by molar-refractivity contribution is 0.184. The van der Waals surface area contributed by atoms with Crippen molar-refractivity contribution in [2.75, 3.05) is 6.54 Å². The predicted octanol–water partition coefficient (Wildman–Crippen LogP) is 2.28. The summed E-state index contributed by atoms with van der Waals surface area (Å²) in [4.78, 5) is 0. The highest BCUT2D eigenvalue weighted by atomic mass is 79.9. The zero-order chi connectivity index (χ0) is 11.5. The van der Waals surface area contributed by atoms with Gasteiger partial charge in [0, 0.05) is 17.1 Å². The van der Waals surface area contributed by atoms with Gasteiger partial charge in [-0.15, -0.1) is 0 Å². The van der Waals surface area contributed by atoms with Crippen LogP contribution >= 0.6 is 15.9 Å². The number of aryl methyl sites for hydroxylation is 1. The third-order valence-corrected chi connectivity index (χ3v) is 3.59. The molecule has 0 spiro atoms. The second-order valence-corrected chi connectivity index (χ2v) is 5.53. The van der Waals surface area contributed by atoms with Crippen molar-refractivity contribution in [3.8, 4) is 0 Å². The Balaban J connectivity index is 1.98. The summed E-state index contributed by atoms with van der Waals surface area (Å²) >= 11 is 3.51. The molecule has 0 fully saturated rings. The van der Waals surface area contributed by atoms with Crippen LogP contribution in [0, 0.1) is 0 Å². The Kier molecular flexibility index (Phi) is 4.00. The number of nitrogens with one attached hydrogen (secondary N) is 1. The Morgan fingerprint density at radius 2 is 2.31 bits per heavy atom. The van der Waals surface area contributed by atoms with Crippen LogP contribution in [0.4, 0.5) is 0 Å². The van der Waals surface area contributed by atoms with E-state index < -0.39 is 0 Å². The van der Waals surface area contributed by atoms with E-state index in [2.05, 4.69) is 39.4 Å². The number of fused-ring (bicyclic) bond motifs is 1. The lowest BCUT2D eigenvalue weighted by Crippen LogP contribution is -2.38. The first-order valence-corrected chi connectivity index (χ1v) is 6.63. The quantitative estimate of drug-likeness (QED) is 0.892. The molecular formula is C13H18BrNO. The van der Waals surface area contributed by atoms with Crippen LogP contribution < -0.4 is 5.32 Å². The topological polar surface area (TPSA) is 32.3 Å². The highest BCUT2D eigenvalue weighted by molar-refractivity contribution is 9.10. The Bertz CT molecular complexity index is 365. The van der Waals surface area contributed by atoms with E-state index in [9.17, 15) is 5.11 Å². The zero-order valence-electron chi connectivity index (χ0n) is 9.54. The van der Waals surface area contributed by atoms with Crippen molar-refractivity contribution in [3.05, 3.63) is 33.8 Å². The smallest absolute Gasteiger partial charge is 0.0636 e. The molecule has 2 unspecified atom stereocenters. The van der Waals surface area contributed by atoms with Gasteiger partial charge in [-0.3, -0.25) is 0 Å². The van der Waals surface area contributed by atoms with Gasteiger partial charge in [0.1, 0.15) is 0 Å². The zero-order valence-corrected chi connectivity index (χ0v) is 11.1. The van der Waals surface area contributed by atoms with Gasteiger partial charge in [-0.05, 0) is 49.4 Å². The molecule has 1 aromatic rings. The van der Waals surface area contributed by atoms with Gasteiger partial charge >= 0.3 is 0 Å². The maximum atomic E-state index is 9.25. The summed E-state index contributed by atoms with van der Waals surface area (Å²) in [5, 5.41) is 12.7. The van der Waals surface area contributed by atoms with Gasteiger partial charge in [-0.2, -0.15) is 0 Å². The second kappa shape index (κ2) is 5.30. The molecule has 2 nitrogen and oxygen atoms in total. The maximum Gasteiger partial charge on any atom is 0.0636 e. The Labute approximate surface area is 105 Å². The van der Waals surface area contributed by atoms with Crippen LogP contribution in [0.5, 0.6) is 0 Å². The van der Waals surface area contributed by atoms with Gasteiger partial charge in [-0.25, -0.2) is 0 Å². The highest BCUT2D eigenvalue weighted by Crippen LogP contribution is 2.24. The average Bonchev–Trinajstić information content (AvgIpc) is 2.26. The fourth-order valence-electron chi connectivity index (χ4n) is 2.24. The normalized spacial score (nSPS) is 21.6. The fraction of sp³-hybridized carbons (Fsp3) is 0.538. The summed E-state index contributed by atoms with van der Waals surface area (Å²) in [6.45, 7) is 2.51. The van der Waals surface area contributed by atoms with E-state index in [1.807, 2.05) is 6.92 Å². The molecule has 0 aliphatic heterocycles. The molecule has 0 saturated carbocycles. The van der Waals surface area contributed by atoms with Crippen LogP contribution in [-0.4, -0.2) is 23.8 Å². The third kappa shape index (κ3) is 3.06. The van der Waals surface area contributed by atoms with Gasteiger partial charge in [0.25, 0.3) is 0 Å². The van der Waals surface area contributed by atoms with Crippen LogP contribution in [0.3, 0.4) is 0 Å². The minimum atomic E-state index is -0.258. The van der Waals surface area contributed by atoms with Gasteiger partial charge in [-0.1, -0.05) is 22.0 Å². The lowest BCUT2D eigenvalue weighted by atomic mass is 9.88. The number of hydrogen-bond donors (Lipinski definition) is 2. The van der Waals surface area contributed by atoms with Crippen LogP contribution in [-0.2, 0) is 12.8 Å². The molecule has 88 valence electrons. The standard InChI is InChI=1S/C13H18BrNO/c1-9(16)8-15-13-5-3-10-6-12(14)4-2-11(10)7-13/h2,4,6,9,13,15-16H,3,5,7-8H2,1H3. The molecule has 0 amide bonds. The molecule has 0 radical (unpaired) electrons. The molecule has 2 atom stereocenters. The SMILES string of the molecule is CC(O)CNC1CCc2cc(Br)ccc2C1. The van der Waals surface area contributed by atoms with Crippen molar-refractivity contribution in [1.82, 2.24) is 5.32 Å². The van der Waals surface area contributed by atoms with Crippen molar-refractivity contribution in [2.24, 2.45) is 0 Å². The second-order valence-electron chi connectivity index (χ2n) is 4.61. The molecule has 1 aliphatic rings. The summed E-state index contributed by atoms with van der Waals surface area (Å²) in [6.07, 6.45) is 3.11. The van der Waals surface area contributed by atoms with E-state index in [1.54, 1.807) is 0 Å². The Morgan fingerprint density at radius 1 is 1.50 bits per heavy atom. The number of aliphatic hydroxyl groups is 1. The van der Waals surface area contributed by atoms with E-state index in [1.165, 1.54) is 15.6 Å². The Morgan fingerprint density at radius 3 is 3.06 bits per heavy atom.